The molecule has 2 aliphatic heterocycles. The first-order valence-corrected chi connectivity index (χ1v) is 12.9. The van der Waals surface area contributed by atoms with E-state index >= 15 is 0 Å². The summed E-state index contributed by atoms with van der Waals surface area (Å²) < 4.78 is 29.3. The number of hydrogen-bond donors (Lipinski definition) is 0. The van der Waals surface area contributed by atoms with Gasteiger partial charge in [0.05, 0.1) is 10.9 Å². The van der Waals surface area contributed by atoms with Gasteiger partial charge in [-0.05, 0) is 67.6 Å². The molecule has 0 spiro atoms. The summed E-state index contributed by atoms with van der Waals surface area (Å²) in [5.41, 5.74) is 3.32. The summed E-state index contributed by atoms with van der Waals surface area (Å²) in [4.78, 5) is 2.76. The quantitative estimate of drug-likeness (QED) is 0.521. The van der Waals surface area contributed by atoms with E-state index < -0.39 is 10.0 Å². The number of halogens is 1. The second-order valence-electron chi connectivity index (χ2n) is 8.85. The Morgan fingerprint density at radius 3 is 2.31 bits per heavy atom. The summed E-state index contributed by atoms with van der Waals surface area (Å²) in [5, 5.41) is 0.709. The van der Waals surface area contributed by atoms with Gasteiger partial charge in [0.25, 0.3) is 0 Å². The van der Waals surface area contributed by atoms with Crippen molar-refractivity contribution in [2.45, 2.75) is 36.7 Å². The van der Waals surface area contributed by atoms with Crippen LogP contribution in [0.1, 0.15) is 17.5 Å². The first-order chi connectivity index (χ1) is 15.4. The van der Waals surface area contributed by atoms with Crippen LogP contribution >= 0.6 is 11.6 Å². The van der Waals surface area contributed by atoms with E-state index in [1.165, 1.54) is 0 Å². The summed E-state index contributed by atoms with van der Waals surface area (Å²) >= 11 is 6.12. The van der Waals surface area contributed by atoms with Gasteiger partial charge in [-0.2, -0.15) is 4.31 Å². The zero-order chi connectivity index (χ0) is 22.3. The van der Waals surface area contributed by atoms with Gasteiger partial charge in [0.2, 0.25) is 10.0 Å². The van der Waals surface area contributed by atoms with Crippen LogP contribution in [0, 0.1) is 12.8 Å². The Morgan fingerprint density at radius 2 is 1.62 bits per heavy atom. The van der Waals surface area contributed by atoms with Gasteiger partial charge >= 0.3 is 0 Å². The average Bonchev–Trinajstić information content (AvgIpc) is 3.36. The minimum atomic E-state index is -3.59. The van der Waals surface area contributed by atoms with Gasteiger partial charge in [-0.3, -0.25) is 0 Å². The third-order valence-electron chi connectivity index (χ3n) is 6.84. The summed E-state index contributed by atoms with van der Waals surface area (Å²) in [6.45, 7) is 3.46. The van der Waals surface area contributed by atoms with E-state index in [4.69, 9.17) is 11.6 Å². The van der Waals surface area contributed by atoms with Crippen molar-refractivity contribution in [1.82, 2.24) is 4.31 Å². The highest BCUT2D eigenvalue weighted by Gasteiger charge is 2.52. The zero-order valence-electron chi connectivity index (χ0n) is 18.1. The predicted octanol–water partition coefficient (Wildman–Crippen LogP) is 5.16. The number of hydrogen-bond acceptors (Lipinski definition) is 3. The standard InChI is InChI=1S/C26H27ClN2O2S/c1-19-7-13-24(14-8-19)32(30,31)29-18-21-15-16-28(23-11-9-22(27)10-12-23)26(21)25(29)17-20-5-3-2-4-6-20/h2-14,21,25-26H,15-18H2,1H3/t21-,25+,26-/m0/s1. The lowest BCUT2D eigenvalue weighted by Crippen LogP contribution is -2.47. The first kappa shape index (κ1) is 21.5. The molecule has 0 bridgehead atoms. The molecule has 3 atom stereocenters. The van der Waals surface area contributed by atoms with Crippen molar-refractivity contribution >= 4 is 27.3 Å². The highest BCUT2D eigenvalue weighted by molar-refractivity contribution is 7.89. The summed E-state index contributed by atoms with van der Waals surface area (Å²) in [6, 6.07) is 25.3. The smallest absolute Gasteiger partial charge is 0.243 e. The fourth-order valence-electron chi connectivity index (χ4n) is 5.27. The van der Waals surface area contributed by atoms with Crippen LogP contribution in [0.5, 0.6) is 0 Å². The molecule has 32 heavy (non-hydrogen) atoms. The van der Waals surface area contributed by atoms with Gasteiger partial charge in [0.1, 0.15) is 0 Å². The molecule has 0 N–H and O–H groups in total. The molecule has 4 nitrogen and oxygen atoms in total. The van der Waals surface area contributed by atoms with Gasteiger partial charge in [0.15, 0.2) is 0 Å². The first-order valence-electron chi connectivity index (χ1n) is 11.1. The lowest BCUT2D eigenvalue weighted by Gasteiger charge is -2.34. The van der Waals surface area contributed by atoms with Gasteiger partial charge < -0.3 is 4.90 Å². The monoisotopic (exact) mass is 466 g/mol. The third-order valence-corrected chi connectivity index (χ3v) is 8.99. The number of rotatable bonds is 5. The molecule has 0 unspecified atom stereocenters. The molecule has 2 saturated heterocycles. The van der Waals surface area contributed by atoms with Crippen LogP contribution in [-0.4, -0.2) is 37.9 Å². The number of aryl methyl sites for hydroxylation is 1. The SMILES string of the molecule is Cc1ccc(S(=O)(=O)N2C[C@@H]3CCN(c4ccc(Cl)cc4)[C@@H]3[C@H]2Cc2ccccc2)cc1. The lowest BCUT2D eigenvalue weighted by atomic mass is 9.95. The molecular formula is C26H27ClN2O2S. The molecule has 0 saturated carbocycles. The maximum atomic E-state index is 13.8. The van der Waals surface area contributed by atoms with E-state index in [1.54, 1.807) is 16.4 Å². The second kappa shape index (κ2) is 8.54. The Balaban J connectivity index is 1.54. The molecule has 3 aromatic carbocycles. The molecule has 0 aliphatic carbocycles. The summed E-state index contributed by atoms with van der Waals surface area (Å²) in [7, 11) is -3.59. The highest BCUT2D eigenvalue weighted by atomic mass is 35.5. The van der Waals surface area contributed by atoms with Crippen molar-refractivity contribution in [2.75, 3.05) is 18.0 Å². The van der Waals surface area contributed by atoms with E-state index in [0.717, 1.165) is 29.8 Å². The van der Waals surface area contributed by atoms with Crippen molar-refractivity contribution in [1.29, 1.82) is 0 Å². The second-order valence-corrected chi connectivity index (χ2v) is 11.2. The minimum Gasteiger partial charge on any atom is -0.367 e. The van der Waals surface area contributed by atoms with Crippen LogP contribution in [0.3, 0.4) is 0 Å². The van der Waals surface area contributed by atoms with Gasteiger partial charge in [0, 0.05) is 29.8 Å². The third kappa shape index (κ3) is 3.94. The van der Waals surface area contributed by atoms with Crippen molar-refractivity contribution in [3.05, 3.63) is 95.0 Å². The zero-order valence-corrected chi connectivity index (χ0v) is 19.6. The average molecular weight is 467 g/mol. The molecule has 2 aliphatic rings. The van der Waals surface area contributed by atoms with Gasteiger partial charge in [-0.1, -0.05) is 59.6 Å². The molecule has 0 radical (unpaired) electrons. The van der Waals surface area contributed by atoms with Crippen molar-refractivity contribution in [3.8, 4) is 0 Å². The summed E-state index contributed by atoms with van der Waals surface area (Å²) in [6.07, 6.45) is 1.68. The molecule has 6 heteroatoms. The Bertz CT molecular complexity index is 1180. The van der Waals surface area contributed by atoms with Gasteiger partial charge in [-0.15, -0.1) is 0 Å². The van der Waals surface area contributed by atoms with Crippen LogP contribution in [0.2, 0.25) is 5.02 Å². The number of benzene rings is 3. The topological polar surface area (TPSA) is 40.6 Å². The Labute approximate surface area is 195 Å². The van der Waals surface area contributed by atoms with E-state index in [2.05, 4.69) is 17.0 Å². The van der Waals surface area contributed by atoms with Crippen LogP contribution in [0.4, 0.5) is 5.69 Å². The molecule has 5 rings (SSSR count). The number of anilines is 1. The maximum absolute atomic E-state index is 13.8. The Morgan fingerprint density at radius 1 is 0.938 bits per heavy atom. The molecule has 0 amide bonds. The fraction of sp³-hybridized carbons (Fsp3) is 0.308. The van der Waals surface area contributed by atoms with E-state index in [0.29, 0.717) is 28.8 Å². The van der Waals surface area contributed by atoms with Crippen LogP contribution in [-0.2, 0) is 16.4 Å². The largest absolute Gasteiger partial charge is 0.367 e. The number of nitrogens with zero attached hydrogens (tertiary/aromatic N) is 2. The van der Waals surface area contributed by atoms with E-state index in [1.807, 2.05) is 61.5 Å². The van der Waals surface area contributed by atoms with Crippen LogP contribution in [0.15, 0.2) is 83.8 Å². The fourth-order valence-corrected chi connectivity index (χ4v) is 7.09. The normalized spacial score (nSPS) is 23.4. The molecule has 0 aromatic heterocycles. The van der Waals surface area contributed by atoms with Crippen molar-refractivity contribution in [2.24, 2.45) is 5.92 Å². The van der Waals surface area contributed by atoms with Crippen LogP contribution in [0.25, 0.3) is 0 Å². The van der Waals surface area contributed by atoms with Crippen molar-refractivity contribution in [3.63, 3.8) is 0 Å². The van der Waals surface area contributed by atoms with E-state index in [9.17, 15) is 8.42 Å². The van der Waals surface area contributed by atoms with E-state index in [-0.39, 0.29) is 12.1 Å². The van der Waals surface area contributed by atoms with Crippen LogP contribution < -0.4 is 4.90 Å². The number of fused-ring (bicyclic) bond motifs is 1. The molecule has 3 aromatic rings. The molecule has 166 valence electrons. The predicted molar refractivity (Wildman–Crippen MR) is 130 cm³/mol. The Hall–Kier alpha value is -2.34. The number of sulfonamides is 1. The van der Waals surface area contributed by atoms with Gasteiger partial charge in [-0.25, -0.2) is 8.42 Å². The molecule has 2 heterocycles. The lowest BCUT2D eigenvalue weighted by molar-refractivity contribution is 0.362. The minimum absolute atomic E-state index is 0.133. The molecule has 2 fully saturated rings. The Kier molecular flexibility index (Phi) is 5.74. The maximum Gasteiger partial charge on any atom is 0.243 e. The highest BCUT2D eigenvalue weighted by Crippen LogP contribution is 2.42. The summed E-state index contributed by atoms with van der Waals surface area (Å²) in [5.74, 6) is 0.305. The van der Waals surface area contributed by atoms with Crippen molar-refractivity contribution < 1.29 is 8.42 Å². The molecular weight excluding hydrogens is 440 g/mol.